The summed E-state index contributed by atoms with van der Waals surface area (Å²) in [6, 6.07) is 3.95. The van der Waals surface area contributed by atoms with Crippen LogP contribution in [0, 0.1) is 11.7 Å². The van der Waals surface area contributed by atoms with Crippen LogP contribution in [0.2, 0.25) is 0 Å². The number of benzene rings is 1. The maximum Gasteiger partial charge on any atom is 0.257 e. The van der Waals surface area contributed by atoms with Crippen LogP contribution >= 0.6 is 0 Å². The highest BCUT2D eigenvalue weighted by molar-refractivity contribution is 5.94. The van der Waals surface area contributed by atoms with Crippen molar-refractivity contribution in [2.45, 2.75) is 45.6 Å². The quantitative estimate of drug-likeness (QED) is 0.915. The van der Waals surface area contributed by atoms with Gasteiger partial charge in [-0.15, -0.1) is 0 Å². The number of rotatable bonds is 4. The first kappa shape index (κ1) is 14.8. The standard InChI is InChI=1S/C16H22FNO2/c1-11(2)10-18(12-5-3-4-6-12)16(20)14-8-7-13(19)9-15(14)17/h7-9,11-12,19H,3-6,10H2,1-2H3. The number of carbonyl (C=O) groups excluding carboxylic acids is 1. The summed E-state index contributed by atoms with van der Waals surface area (Å²) in [5.41, 5.74) is 0.0512. The zero-order chi connectivity index (χ0) is 14.7. The number of phenols is 1. The molecule has 3 nitrogen and oxygen atoms in total. The molecule has 0 bridgehead atoms. The van der Waals surface area contributed by atoms with E-state index in [1.54, 1.807) is 0 Å². The lowest BCUT2D eigenvalue weighted by atomic mass is 10.1. The maximum absolute atomic E-state index is 13.9. The number of hydrogen-bond acceptors (Lipinski definition) is 2. The first-order valence-electron chi connectivity index (χ1n) is 7.28. The molecule has 1 N–H and O–H groups in total. The predicted molar refractivity (Wildman–Crippen MR) is 76.2 cm³/mol. The highest BCUT2D eigenvalue weighted by Crippen LogP contribution is 2.27. The fourth-order valence-electron chi connectivity index (χ4n) is 2.84. The van der Waals surface area contributed by atoms with Crippen LogP contribution in [0.4, 0.5) is 4.39 Å². The number of nitrogens with zero attached hydrogens (tertiary/aromatic N) is 1. The fraction of sp³-hybridized carbons (Fsp3) is 0.562. The SMILES string of the molecule is CC(C)CN(C(=O)c1ccc(O)cc1F)C1CCCC1. The number of aromatic hydroxyl groups is 1. The highest BCUT2D eigenvalue weighted by atomic mass is 19.1. The van der Waals surface area contributed by atoms with Gasteiger partial charge in [0.2, 0.25) is 0 Å². The molecule has 1 fully saturated rings. The molecular weight excluding hydrogens is 257 g/mol. The van der Waals surface area contributed by atoms with Crippen LogP contribution in [0.5, 0.6) is 5.75 Å². The molecule has 0 atom stereocenters. The molecule has 1 aromatic rings. The Labute approximate surface area is 119 Å². The summed E-state index contributed by atoms with van der Waals surface area (Å²) in [5.74, 6) is -0.722. The van der Waals surface area contributed by atoms with E-state index >= 15 is 0 Å². The summed E-state index contributed by atoms with van der Waals surface area (Å²) in [6.45, 7) is 4.76. The zero-order valence-corrected chi connectivity index (χ0v) is 12.1. The van der Waals surface area contributed by atoms with Gasteiger partial charge in [0.1, 0.15) is 11.6 Å². The lowest BCUT2D eigenvalue weighted by Gasteiger charge is -2.30. The third kappa shape index (κ3) is 3.30. The molecule has 0 radical (unpaired) electrons. The number of phenolic OH excluding ortho intramolecular Hbond substituents is 1. The van der Waals surface area contributed by atoms with Crippen molar-refractivity contribution in [2.24, 2.45) is 5.92 Å². The van der Waals surface area contributed by atoms with Crippen molar-refractivity contribution in [3.63, 3.8) is 0 Å². The Morgan fingerprint density at radius 1 is 1.40 bits per heavy atom. The van der Waals surface area contributed by atoms with E-state index in [9.17, 15) is 14.3 Å². The van der Waals surface area contributed by atoms with Crippen molar-refractivity contribution in [3.05, 3.63) is 29.6 Å². The molecule has 1 aliphatic rings. The van der Waals surface area contributed by atoms with Crippen molar-refractivity contribution in [1.29, 1.82) is 0 Å². The second-order valence-corrected chi connectivity index (χ2v) is 5.95. The first-order chi connectivity index (χ1) is 9.49. The molecule has 0 unspecified atom stereocenters. The van der Waals surface area contributed by atoms with E-state index < -0.39 is 5.82 Å². The molecule has 0 saturated heterocycles. The van der Waals surface area contributed by atoms with Crippen molar-refractivity contribution >= 4 is 5.91 Å². The minimum Gasteiger partial charge on any atom is -0.508 e. The first-order valence-corrected chi connectivity index (χ1v) is 7.28. The highest BCUT2D eigenvalue weighted by Gasteiger charge is 2.29. The molecule has 1 saturated carbocycles. The monoisotopic (exact) mass is 279 g/mol. The minimum atomic E-state index is -0.651. The Balaban J connectivity index is 2.24. The molecular formula is C16H22FNO2. The Kier molecular flexibility index (Phi) is 4.63. The molecule has 0 heterocycles. The largest absolute Gasteiger partial charge is 0.508 e. The lowest BCUT2D eigenvalue weighted by Crippen LogP contribution is -2.41. The second-order valence-electron chi connectivity index (χ2n) is 5.95. The minimum absolute atomic E-state index is 0.0512. The third-order valence-corrected chi connectivity index (χ3v) is 3.77. The fourth-order valence-corrected chi connectivity index (χ4v) is 2.84. The van der Waals surface area contributed by atoms with Crippen LogP contribution in [0.1, 0.15) is 49.9 Å². The van der Waals surface area contributed by atoms with Gasteiger partial charge in [-0.3, -0.25) is 4.79 Å². The molecule has 2 rings (SSSR count). The molecule has 0 aliphatic heterocycles. The molecule has 1 aliphatic carbocycles. The van der Waals surface area contributed by atoms with Gasteiger partial charge in [-0.05, 0) is 30.9 Å². The lowest BCUT2D eigenvalue weighted by molar-refractivity contribution is 0.0650. The van der Waals surface area contributed by atoms with Gasteiger partial charge in [0.05, 0.1) is 5.56 Å². The van der Waals surface area contributed by atoms with E-state index in [2.05, 4.69) is 13.8 Å². The van der Waals surface area contributed by atoms with Gasteiger partial charge in [0.15, 0.2) is 0 Å². The van der Waals surface area contributed by atoms with Gasteiger partial charge in [0.25, 0.3) is 5.91 Å². The number of halogens is 1. The zero-order valence-electron chi connectivity index (χ0n) is 12.1. The van der Waals surface area contributed by atoms with Gasteiger partial charge < -0.3 is 10.0 Å². The van der Waals surface area contributed by atoms with Crippen molar-refractivity contribution in [2.75, 3.05) is 6.54 Å². The number of hydrogen-bond donors (Lipinski definition) is 1. The van der Waals surface area contributed by atoms with E-state index in [1.807, 2.05) is 4.90 Å². The summed E-state index contributed by atoms with van der Waals surface area (Å²) >= 11 is 0. The van der Waals surface area contributed by atoms with Gasteiger partial charge in [-0.2, -0.15) is 0 Å². The van der Waals surface area contributed by atoms with Crippen LogP contribution in [0.3, 0.4) is 0 Å². The second kappa shape index (κ2) is 6.25. The van der Waals surface area contributed by atoms with E-state index in [1.165, 1.54) is 12.1 Å². The van der Waals surface area contributed by atoms with Gasteiger partial charge in [0, 0.05) is 18.7 Å². The number of amides is 1. The van der Waals surface area contributed by atoms with Crippen LogP contribution in [0.15, 0.2) is 18.2 Å². The summed E-state index contributed by atoms with van der Waals surface area (Å²) in [7, 11) is 0. The van der Waals surface area contributed by atoms with Crippen LogP contribution in [0.25, 0.3) is 0 Å². The van der Waals surface area contributed by atoms with Gasteiger partial charge in [-0.1, -0.05) is 26.7 Å². The molecule has 4 heteroatoms. The van der Waals surface area contributed by atoms with Crippen LogP contribution < -0.4 is 0 Å². The average Bonchev–Trinajstić information content (AvgIpc) is 2.88. The molecule has 0 spiro atoms. The summed E-state index contributed by atoms with van der Waals surface area (Å²) < 4.78 is 13.9. The summed E-state index contributed by atoms with van der Waals surface area (Å²) in [6.07, 6.45) is 4.26. The molecule has 0 aromatic heterocycles. The molecule has 1 aromatic carbocycles. The third-order valence-electron chi connectivity index (χ3n) is 3.77. The Morgan fingerprint density at radius 2 is 2.05 bits per heavy atom. The smallest absolute Gasteiger partial charge is 0.257 e. The van der Waals surface area contributed by atoms with Crippen LogP contribution in [-0.4, -0.2) is 28.5 Å². The Hall–Kier alpha value is -1.58. The maximum atomic E-state index is 13.9. The van der Waals surface area contributed by atoms with E-state index in [-0.39, 0.29) is 23.3 Å². The summed E-state index contributed by atoms with van der Waals surface area (Å²) in [5, 5.41) is 9.25. The topological polar surface area (TPSA) is 40.5 Å². The average molecular weight is 279 g/mol. The normalized spacial score (nSPS) is 15.8. The summed E-state index contributed by atoms with van der Waals surface area (Å²) in [4.78, 5) is 14.4. The number of carbonyl (C=O) groups is 1. The van der Waals surface area contributed by atoms with Crippen molar-refractivity contribution in [1.82, 2.24) is 4.90 Å². The van der Waals surface area contributed by atoms with Gasteiger partial charge in [-0.25, -0.2) is 4.39 Å². The van der Waals surface area contributed by atoms with Crippen molar-refractivity contribution in [3.8, 4) is 5.75 Å². The van der Waals surface area contributed by atoms with E-state index in [0.717, 1.165) is 31.7 Å². The van der Waals surface area contributed by atoms with Crippen molar-refractivity contribution < 1.29 is 14.3 Å². The Bertz CT molecular complexity index is 481. The molecule has 1 amide bonds. The van der Waals surface area contributed by atoms with E-state index in [0.29, 0.717) is 12.5 Å². The molecule has 110 valence electrons. The Morgan fingerprint density at radius 3 is 2.60 bits per heavy atom. The van der Waals surface area contributed by atoms with Gasteiger partial charge >= 0.3 is 0 Å². The molecule has 20 heavy (non-hydrogen) atoms. The predicted octanol–water partition coefficient (Wildman–Crippen LogP) is 3.57. The van der Waals surface area contributed by atoms with Crippen LogP contribution in [-0.2, 0) is 0 Å². The van der Waals surface area contributed by atoms with E-state index in [4.69, 9.17) is 0 Å².